The van der Waals surface area contributed by atoms with E-state index in [-0.39, 0.29) is 5.41 Å². The van der Waals surface area contributed by atoms with Gasteiger partial charge in [-0.05, 0) is 104 Å². The van der Waals surface area contributed by atoms with Crippen molar-refractivity contribution < 1.29 is 4.42 Å². The molecule has 9 aromatic rings. The summed E-state index contributed by atoms with van der Waals surface area (Å²) < 4.78 is 6.55. The van der Waals surface area contributed by atoms with Crippen molar-refractivity contribution in [2.24, 2.45) is 0 Å². The monoisotopic (exact) mass is 623 g/mol. The van der Waals surface area contributed by atoms with Crippen LogP contribution in [-0.4, -0.2) is 0 Å². The molecule has 0 fully saturated rings. The molecular weight excluding hydrogens is 595 g/mol. The molecule has 0 radical (unpaired) electrons. The maximum absolute atomic E-state index is 6.55. The van der Waals surface area contributed by atoms with E-state index in [1.165, 1.54) is 55.3 Å². The fourth-order valence-corrected chi connectivity index (χ4v) is 8.84. The molecule has 11 rings (SSSR count). The molecule has 0 saturated carbocycles. The van der Waals surface area contributed by atoms with E-state index in [1.54, 1.807) is 0 Å². The van der Waals surface area contributed by atoms with Crippen LogP contribution in [0.2, 0.25) is 0 Å². The minimum Gasteiger partial charge on any atom is -0.456 e. The number of rotatable bonds is 3. The van der Waals surface area contributed by atoms with E-state index in [9.17, 15) is 0 Å². The number of hydrogen-bond acceptors (Lipinski definition) is 2. The minimum atomic E-state index is -0.355. The molecule has 2 heteroatoms. The largest absolute Gasteiger partial charge is 0.456 e. The molecular formula is C47H29NO. The lowest BCUT2D eigenvalue weighted by atomic mass is 9.70. The second-order valence-electron chi connectivity index (χ2n) is 13.3. The summed E-state index contributed by atoms with van der Waals surface area (Å²) in [5.41, 5.74) is 15.3. The second kappa shape index (κ2) is 9.82. The van der Waals surface area contributed by atoms with Crippen LogP contribution in [-0.2, 0) is 5.41 Å². The zero-order valence-corrected chi connectivity index (χ0v) is 26.6. The number of hydrogen-bond donors (Lipinski definition) is 0. The van der Waals surface area contributed by atoms with Gasteiger partial charge >= 0.3 is 0 Å². The van der Waals surface area contributed by atoms with Crippen molar-refractivity contribution in [1.29, 1.82) is 0 Å². The predicted octanol–water partition coefficient (Wildman–Crippen LogP) is 12.6. The first-order chi connectivity index (χ1) is 24.3. The number of nitrogens with zero attached hydrogens (tertiary/aromatic N) is 1. The van der Waals surface area contributed by atoms with Crippen molar-refractivity contribution in [2.45, 2.75) is 5.41 Å². The Hall–Kier alpha value is -6.38. The molecule has 228 valence electrons. The van der Waals surface area contributed by atoms with Crippen LogP contribution in [0.25, 0.3) is 55.0 Å². The molecule has 0 atom stereocenters. The van der Waals surface area contributed by atoms with Gasteiger partial charge in [-0.3, -0.25) is 0 Å². The number of benzene rings is 8. The van der Waals surface area contributed by atoms with E-state index >= 15 is 0 Å². The van der Waals surface area contributed by atoms with Crippen LogP contribution in [0.3, 0.4) is 0 Å². The van der Waals surface area contributed by atoms with Crippen LogP contribution < -0.4 is 4.90 Å². The SMILES string of the molecule is c1ccc(N(c2ccc3c(c2)-c2ccccc2C32c3ccccc3-c3ccccc32)c2ccc3c(c2)oc2cc4ccccc4cc23)cc1. The van der Waals surface area contributed by atoms with Gasteiger partial charge in [0, 0.05) is 33.9 Å². The maximum atomic E-state index is 6.55. The summed E-state index contributed by atoms with van der Waals surface area (Å²) in [6, 6.07) is 64.2. The van der Waals surface area contributed by atoms with Gasteiger partial charge in [0.1, 0.15) is 11.2 Å². The van der Waals surface area contributed by atoms with Crippen LogP contribution in [0.15, 0.2) is 180 Å². The van der Waals surface area contributed by atoms with E-state index in [2.05, 4.69) is 181 Å². The highest BCUT2D eigenvalue weighted by Crippen LogP contribution is 2.63. The molecule has 2 aliphatic carbocycles. The Balaban J connectivity index is 1.14. The van der Waals surface area contributed by atoms with Gasteiger partial charge in [-0.1, -0.05) is 121 Å². The van der Waals surface area contributed by atoms with E-state index in [0.29, 0.717) is 0 Å². The van der Waals surface area contributed by atoms with Gasteiger partial charge in [-0.25, -0.2) is 0 Å². The van der Waals surface area contributed by atoms with Crippen molar-refractivity contribution in [3.8, 4) is 22.3 Å². The predicted molar refractivity (Wildman–Crippen MR) is 202 cm³/mol. The topological polar surface area (TPSA) is 16.4 Å². The Kier molecular flexibility index (Phi) is 5.34. The molecule has 0 N–H and O–H groups in total. The molecule has 1 spiro atoms. The Morgan fingerprint density at radius 2 is 0.857 bits per heavy atom. The van der Waals surface area contributed by atoms with Crippen LogP contribution in [0, 0.1) is 0 Å². The highest BCUT2D eigenvalue weighted by Gasteiger charge is 2.51. The quantitative estimate of drug-likeness (QED) is 0.195. The summed E-state index contributed by atoms with van der Waals surface area (Å²) in [6.07, 6.45) is 0. The Bertz CT molecular complexity index is 2740. The van der Waals surface area contributed by atoms with Crippen molar-refractivity contribution in [3.63, 3.8) is 0 Å². The summed E-state index contributed by atoms with van der Waals surface area (Å²) >= 11 is 0. The van der Waals surface area contributed by atoms with Crippen molar-refractivity contribution in [2.75, 3.05) is 4.90 Å². The van der Waals surface area contributed by atoms with E-state index in [1.807, 2.05) is 0 Å². The number of anilines is 3. The van der Waals surface area contributed by atoms with Gasteiger partial charge in [0.15, 0.2) is 0 Å². The van der Waals surface area contributed by atoms with E-state index in [4.69, 9.17) is 4.42 Å². The van der Waals surface area contributed by atoms with Gasteiger partial charge in [-0.15, -0.1) is 0 Å². The normalized spacial score (nSPS) is 13.5. The third kappa shape index (κ3) is 3.55. The molecule has 0 aliphatic heterocycles. The lowest BCUT2D eigenvalue weighted by Gasteiger charge is -2.31. The van der Waals surface area contributed by atoms with Gasteiger partial charge in [0.2, 0.25) is 0 Å². The Morgan fingerprint density at radius 1 is 0.347 bits per heavy atom. The first-order valence-corrected chi connectivity index (χ1v) is 16.9. The summed E-state index contributed by atoms with van der Waals surface area (Å²) in [7, 11) is 0. The zero-order valence-electron chi connectivity index (χ0n) is 26.6. The molecule has 0 saturated heterocycles. The minimum absolute atomic E-state index is 0.355. The smallest absolute Gasteiger partial charge is 0.137 e. The van der Waals surface area contributed by atoms with Crippen LogP contribution >= 0.6 is 0 Å². The first kappa shape index (κ1) is 26.7. The molecule has 0 unspecified atom stereocenters. The van der Waals surface area contributed by atoms with Crippen LogP contribution in [0.5, 0.6) is 0 Å². The van der Waals surface area contributed by atoms with Gasteiger partial charge in [-0.2, -0.15) is 0 Å². The molecule has 1 heterocycles. The second-order valence-corrected chi connectivity index (χ2v) is 13.3. The van der Waals surface area contributed by atoms with E-state index in [0.717, 1.165) is 39.0 Å². The van der Waals surface area contributed by atoms with Crippen molar-refractivity contribution in [3.05, 3.63) is 198 Å². The molecule has 2 aliphatic rings. The number of furan rings is 1. The molecule has 2 nitrogen and oxygen atoms in total. The van der Waals surface area contributed by atoms with Gasteiger partial charge < -0.3 is 9.32 Å². The van der Waals surface area contributed by atoms with Crippen LogP contribution in [0.1, 0.15) is 22.3 Å². The van der Waals surface area contributed by atoms with Crippen molar-refractivity contribution in [1.82, 2.24) is 0 Å². The third-order valence-corrected chi connectivity index (χ3v) is 10.8. The third-order valence-electron chi connectivity index (χ3n) is 10.8. The fraction of sp³-hybridized carbons (Fsp3) is 0.0213. The Labute approximate surface area is 284 Å². The molecule has 1 aromatic heterocycles. The van der Waals surface area contributed by atoms with Crippen LogP contribution in [0.4, 0.5) is 17.1 Å². The molecule has 0 amide bonds. The summed E-state index contributed by atoms with van der Waals surface area (Å²) in [5.74, 6) is 0. The number of fused-ring (bicyclic) bond motifs is 14. The molecule has 8 aromatic carbocycles. The maximum Gasteiger partial charge on any atom is 0.137 e. The van der Waals surface area contributed by atoms with Gasteiger partial charge in [0.05, 0.1) is 5.41 Å². The lowest BCUT2D eigenvalue weighted by molar-refractivity contribution is 0.669. The highest BCUT2D eigenvalue weighted by atomic mass is 16.3. The number of para-hydroxylation sites is 1. The molecule has 49 heavy (non-hydrogen) atoms. The average molecular weight is 624 g/mol. The fourth-order valence-electron chi connectivity index (χ4n) is 8.84. The van der Waals surface area contributed by atoms with E-state index < -0.39 is 0 Å². The summed E-state index contributed by atoms with van der Waals surface area (Å²) in [4.78, 5) is 2.35. The lowest BCUT2D eigenvalue weighted by Crippen LogP contribution is -2.25. The average Bonchev–Trinajstić information content (AvgIpc) is 3.77. The summed E-state index contributed by atoms with van der Waals surface area (Å²) in [5, 5.41) is 4.67. The molecule has 0 bridgehead atoms. The Morgan fingerprint density at radius 3 is 1.55 bits per heavy atom. The standard InChI is InChI=1S/C47H29NO/c1-2-14-32(15-3-1)48(34-22-24-38-40-26-30-12-4-5-13-31(30)27-45(40)49-46(38)29-34)33-23-25-44-39(28-33)37-18-8-11-21-43(37)47(44)41-19-9-6-16-35(41)36-17-7-10-20-42(36)47/h1-29H. The summed E-state index contributed by atoms with van der Waals surface area (Å²) in [6.45, 7) is 0. The highest BCUT2D eigenvalue weighted by molar-refractivity contribution is 6.11. The van der Waals surface area contributed by atoms with Gasteiger partial charge in [0.25, 0.3) is 0 Å². The zero-order chi connectivity index (χ0) is 32.1. The van der Waals surface area contributed by atoms with Crippen molar-refractivity contribution >= 4 is 49.8 Å². The first-order valence-electron chi connectivity index (χ1n) is 16.9.